The topological polar surface area (TPSA) is 38.9 Å². The quantitative estimate of drug-likeness (QED) is 0.176. The molecule has 0 bridgehead atoms. The maximum Gasteiger partial charge on any atom is 0.160 e. The Labute approximate surface area is 308 Å². The van der Waals surface area contributed by atoms with Gasteiger partial charge in [0.15, 0.2) is 5.82 Å². The van der Waals surface area contributed by atoms with Crippen LogP contribution in [-0.4, -0.2) is 9.97 Å². The highest BCUT2D eigenvalue weighted by molar-refractivity contribution is 6.14. The molecule has 1 atom stereocenters. The second-order valence-electron chi connectivity index (χ2n) is 13.7. The Morgan fingerprint density at radius 1 is 0.453 bits per heavy atom. The van der Waals surface area contributed by atoms with E-state index < -0.39 is 0 Å². The first-order valence-electron chi connectivity index (χ1n) is 18.2. The van der Waals surface area contributed by atoms with Crippen LogP contribution in [0.3, 0.4) is 0 Å². The lowest BCUT2D eigenvalue weighted by Crippen LogP contribution is -2.04. The number of allylic oxidation sites excluding steroid dienone is 1. The standard InChI is InChI=1S/C50H34N2O/c1-4-13-33(14-5-1)38-19-12-20-40(29-38)44-31-45-42-28-27-39(30-48(42)53-49(45)43-22-11-10-21-41(43)44)34-23-25-36(26-24-34)47-32-46(35-15-6-2-7-16-35)51-50(52-47)37-17-8-3-9-18-37/h1-29,31-32,39H,30H2. The van der Waals surface area contributed by atoms with Crippen molar-refractivity contribution in [2.75, 3.05) is 0 Å². The summed E-state index contributed by atoms with van der Waals surface area (Å²) < 4.78 is 6.77. The van der Waals surface area contributed by atoms with Gasteiger partial charge in [-0.05, 0) is 51.4 Å². The molecule has 7 aromatic carbocycles. The van der Waals surface area contributed by atoms with Crippen LogP contribution in [0.25, 0.3) is 84.0 Å². The molecule has 2 heterocycles. The van der Waals surface area contributed by atoms with Gasteiger partial charge in [0.1, 0.15) is 11.3 Å². The third kappa shape index (κ3) is 5.73. The predicted molar refractivity (Wildman–Crippen MR) is 218 cm³/mol. The molecule has 0 spiro atoms. The van der Waals surface area contributed by atoms with E-state index in [1.165, 1.54) is 38.8 Å². The van der Waals surface area contributed by atoms with Crippen LogP contribution >= 0.6 is 0 Å². The van der Waals surface area contributed by atoms with E-state index in [1.807, 2.05) is 36.4 Å². The van der Waals surface area contributed by atoms with Crippen molar-refractivity contribution in [3.63, 3.8) is 0 Å². The molecule has 0 amide bonds. The number of benzene rings is 7. The molecule has 3 nitrogen and oxygen atoms in total. The van der Waals surface area contributed by atoms with Crippen molar-refractivity contribution in [3.8, 4) is 56.2 Å². The highest BCUT2D eigenvalue weighted by Gasteiger charge is 2.24. The number of hydrogen-bond donors (Lipinski definition) is 0. The average Bonchev–Trinajstić information content (AvgIpc) is 3.62. The first kappa shape index (κ1) is 30.9. The van der Waals surface area contributed by atoms with E-state index in [-0.39, 0.29) is 5.92 Å². The van der Waals surface area contributed by atoms with Crippen LogP contribution in [0.2, 0.25) is 0 Å². The summed E-state index contributed by atoms with van der Waals surface area (Å²) in [5.41, 5.74) is 13.2. The second kappa shape index (κ2) is 13.0. The van der Waals surface area contributed by atoms with E-state index in [0.29, 0.717) is 0 Å². The zero-order chi connectivity index (χ0) is 35.1. The van der Waals surface area contributed by atoms with E-state index >= 15 is 0 Å². The van der Waals surface area contributed by atoms with Crippen molar-refractivity contribution in [2.45, 2.75) is 12.3 Å². The number of nitrogens with zero attached hydrogens (tertiary/aromatic N) is 2. The molecule has 0 saturated carbocycles. The summed E-state index contributed by atoms with van der Waals surface area (Å²) in [4.78, 5) is 9.99. The van der Waals surface area contributed by atoms with Crippen molar-refractivity contribution >= 4 is 27.8 Å². The second-order valence-corrected chi connectivity index (χ2v) is 13.7. The lowest BCUT2D eigenvalue weighted by atomic mass is 9.87. The van der Waals surface area contributed by atoms with Crippen LogP contribution in [0.4, 0.5) is 0 Å². The molecule has 0 fully saturated rings. The smallest absolute Gasteiger partial charge is 0.160 e. The fourth-order valence-electron chi connectivity index (χ4n) is 7.74. The minimum atomic E-state index is 0.204. The molecule has 0 saturated heterocycles. The maximum atomic E-state index is 6.77. The first-order chi connectivity index (χ1) is 26.2. The molecule has 0 N–H and O–H groups in total. The van der Waals surface area contributed by atoms with Gasteiger partial charge in [0.05, 0.1) is 11.4 Å². The number of hydrogen-bond acceptors (Lipinski definition) is 3. The normalized spacial score (nSPS) is 13.7. The Kier molecular flexibility index (Phi) is 7.62. The molecule has 2 aromatic heterocycles. The minimum absolute atomic E-state index is 0.204. The SMILES string of the molecule is C1=CC(c2ccc(-c3cc(-c4ccccc4)nc(-c4ccccc4)n3)cc2)Cc2oc3c(cc(-c4cccc(-c5ccccc5)c4)c4ccccc43)c21. The Balaban J connectivity index is 0.991. The summed E-state index contributed by atoms with van der Waals surface area (Å²) in [6.45, 7) is 0. The van der Waals surface area contributed by atoms with Crippen molar-refractivity contribution in [3.05, 3.63) is 199 Å². The monoisotopic (exact) mass is 678 g/mol. The van der Waals surface area contributed by atoms with Crippen LogP contribution in [0.1, 0.15) is 22.8 Å². The van der Waals surface area contributed by atoms with Crippen LogP contribution in [0.5, 0.6) is 0 Å². The molecule has 0 aliphatic heterocycles. The van der Waals surface area contributed by atoms with Crippen molar-refractivity contribution in [2.24, 2.45) is 0 Å². The van der Waals surface area contributed by atoms with E-state index in [9.17, 15) is 0 Å². The summed E-state index contributed by atoms with van der Waals surface area (Å²) in [5, 5.41) is 3.50. The fraction of sp³-hybridized carbons (Fsp3) is 0.0400. The molecule has 0 radical (unpaired) electrons. The summed E-state index contributed by atoms with van der Waals surface area (Å²) in [6.07, 6.45) is 5.41. The van der Waals surface area contributed by atoms with Gasteiger partial charge in [-0.2, -0.15) is 0 Å². The summed E-state index contributed by atoms with van der Waals surface area (Å²) in [7, 11) is 0. The van der Waals surface area contributed by atoms with Gasteiger partial charge in [-0.15, -0.1) is 0 Å². The lowest BCUT2D eigenvalue weighted by molar-refractivity contribution is 0.535. The van der Waals surface area contributed by atoms with Crippen molar-refractivity contribution < 1.29 is 4.42 Å². The van der Waals surface area contributed by atoms with E-state index in [4.69, 9.17) is 14.4 Å². The van der Waals surface area contributed by atoms with E-state index in [0.717, 1.165) is 62.4 Å². The highest BCUT2D eigenvalue weighted by atomic mass is 16.3. The molecular formula is C50H34N2O. The summed E-state index contributed by atoms with van der Waals surface area (Å²) in [6, 6.07) is 61.9. The van der Waals surface area contributed by atoms with Gasteiger partial charge in [-0.25, -0.2) is 9.97 Å². The third-order valence-electron chi connectivity index (χ3n) is 10.5. The molecule has 1 aliphatic rings. The van der Waals surface area contributed by atoms with Gasteiger partial charge in [0.25, 0.3) is 0 Å². The molecular weight excluding hydrogens is 645 g/mol. The molecule has 9 aromatic rings. The van der Waals surface area contributed by atoms with Gasteiger partial charge >= 0.3 is 0 Å². The number of rotatable bonds is 6. The van der Waals surface area contributed by atoms with E-state index in [1.54, 1.807) is 0 Å². The first-order valence-corrected chi connectivity index (χ1v) is 18.2. The predicted octanol–water partition coefficient (Wildman–Crippen LogP) is 13.1. The van der Waals surface area contributed by atoms with Crippen LogP contribution in [-0.2, 0) is 6.42 Å². The van der Waals surface area contributed by atoms with Gasteiger partial charge in [0.2, 0.25) is 0 Å². The average molecular weight is 679 g/mol. The zero-order valence-electron chi connectivity index (χ0n) is 29.0. The van der Waals surface area contributed by atoms with Crippen molar-refractivity contribution in [1.29, 1.82) is 0 Å². The number of fused-ring (bicyclic) bond motifs is 5. The third-order valence-corrected chi connectivity index (χ3v) is 10.5. The molecule has 250 valence electrons. The Bertz CT molecular complexity index is 2730. The Morgan fingerprint density at radius 3 is 1.75 bits per heavy atom. The van der Waals surface area contributed by atoms with Gasteiger partial charge in [-0.1, -0.05) is 170 Å². The molecule has 1 unspecified atom stereocenters. The van der Waals surface area contributed by atoms with Crippen LogP contribution < -0.4 is 0 Å². The summed E-state index contributed by atoms with van der Waals surface area (Å²) >= 11 is 0. The van der Waals surface area contributed by atoms with Gasteiger partial charge in [-0.3, -0.25) is 0 Å². The summed E-state index contributed by atoms with van der Waals surface area (Å²) in [5.74, 6) is 1.96. The van der Waals surface area contributed by atoms with Crippen LogP contribution in [0.15, 0.2) is 186 Å². The maximum absolute atomic E-state index is 6.77. The number of furan rings is 1. The number of aromatic nitrogens is 2. The fourth-order valence-corrected chi connectivity index (χ4v) is 7.74. The molecule has 3 heteroatoms. The van der Waals surface area contributed by atoms with Crippen molar-refractivity contribution in [1.82, 2.24) is 9.97 Å². The Hall–Kier alpha value is -6.84. The molecule has 53 heavy (non-hydrogen) atoms. The van der Waals surface area contributed by atoms with Gasteiger partial charge < -0.3 is 4.42 Å². The zero-order valence-corrected chi connectivity index (χ0v) is 29.0. The molecule has 10 rings (SSSR count). The highest BCUT2D eigenvalue weighted by Crippen LogP contribution is 2.43. The Morgan fingerprint density at radius 2 is 1.04 bits per heavy atom. The minimum Gasteiger partial charge on any atom is -0.460 e. The molecule has 1 aliphatic carbocycles. The van der Waals surface area contributed by atoms with Gasteiger partial charge in [0, 0.05) is 45.4 Å². The largest absolute Gasteiger partial charge is 0.460 e. The van der Waals surface area contributed by atoms with Crippen LogP contribution in [0, 0.1) is 0 Å². The lowest BCUT2D eigenvalue weighted by Gasteiger charge is -2.17. The van der Waals surface area contributed by atoms with E-state index in [2.05, 4.69) is 152 Å².